The Hall–Kier alpha value is -1.69. The number of H-pyrrole nitrogens is 1. The van der Waals surface area contributed by atoms with Gasteiger partial charge in [-0.1, -0.05) is 12.1 Å². The molecule has 17 heavy (non-hydrogen) atoms. The van der Waals surface area contributed by atoms with Crippen molar-refractivity contribution in [2.75, 3.05) is 6.61 Å². The zero-order chi connectivity index (χ0) is 11.5. The number of benzene rings is 1. The number of para-hydroxylation sites is 2. The zero-order valence-electron chi connectivity index (χ0n) is 9.40. The highest BCUT2D eigenvalue weighted by Crippen LogP contribution is 2.08. The molecule has 0 spiro atoms. The van der Waals surface area contributed by atoms with Crippen LogP contribution in [0.4, 0.5) is 0 Å². The monoisotopic (exact) mass is 254 g/mol. The van der Waals surface area contributed by atoms with Crippen molar-refractivity contribution in [3.8, 4) is 0 Å². The first-order valence-electron chi connectivity index (χ1n) is 5.05. The molecule has 2 aromatic rings. The van der Waals surface area contributed by atoms with Crippen molar-refractivity contribution in [2.45, 2.75) is 13.5 Å². The molecule has 0 unspecified atom stereocenters. The van der Waals surface area contributed by atoms with E-state index in [1.807, 2.05) is 12.1 Å². The Bertz CT molecular complexity index is 573. The second-order valence-corrected chi connectivity index (χ2v) is 3.34. The van der Waals surface area contributed by atoms with Gasteiger partial charge in [0.2, 0.25) is 0 Å². The normalized spacial score (nSPS) is 9.94. The molecule has 2 rings (SSSR count). The van der Waals surface area contributed by atoms with Crippen LogP contribution >= 0.6 is 13.5 Å². The second kappa shape index (κ2) is 5.58. The summed E-state index contributed by atoms with van der Waals surface area (Å²) >= 11 is 0. The molecule has 1 heterocycles. The molecule has 0 saturated carbocycles. The van der Waals surface area contributed by atoms with Crippen LogP contribution in [0.25, 0.3) is 11.0 Å². The fourth-order valence-electron chi connectivity index (χ4n) is 1.60. The van der Waals surface area contributed by atoms with Crippen LogP contribution in [0.5, 0.6) is 0 Å². The highest BCUT2D eigenvalue weighted by molar-refractivity contribution is 7.59. The van der Waals surface area contributed by atoms with Crippen LogP contribution < -0.4 is 5.69 Å². The SMILES string of the molecule is CCOC(=O)Cn1c(=O)[nH]c2ccccc21.S. The van der Waals surface area contributed by atoms with Crippen molar-refractivity contribution in [3.63, 3.8) is 0 Å². The highest BCUT2D eigenvalue weighted by Gasteiger charge is 2.10. The summed E-state index contributed by atoms with van der Waals surface area (Å²) in [7, 11) is 0. The molecule has 0 bridgehead atoms. The van der Waals surface area contributed by atoms with E-state index in [1.54, 1.807) is 19.1 Å². The summed E-state index contributed by atoms with van der Waals surface area (Å²) in [6.07, 6.45) is 0. The Balaban J connectivity index is 0.00000144. The molecular weight excluding hydrogens is 240 g/mol. The maximum atomic E-state index is 11.6. The predicted octanol–water partition coefficient (Wildman–Crippen LogP) is 1.01. The Morgan fingerprint density at radius 1 is 1.41 bits per heavy atom. The smallest absolute Gasteiger partial charge is 0.327 e. The van der Waals surface area contributed by atoms with Crippen LogP contribution in [0.15, 0.2) is 29.1 Å². The summed E-state index contributed by atoms with van der Waals surface area (Å²) in [5, 5.41) is 0. The molecule has 0 fully saturated rings. The van der Waals surface area contributed by atoms with Gasteiger partial charge in [-0.05, 0) is 19.1 Å². The number of esters is 1. The Morgan fingerprint density at radius 2 is 2.12 bits per heavy atom. The maximum absolute atomic E-state index is 11.6. The fraction of sp³-hybridized carbons (Fsp3) is 0.273. The first kappa shape index (κ1) is 13.4. The van der Waals surface area contributed by atoms with E-state index in [4.69, 9.17) is 4.74 Å². The van der Waals surface area contributed by atoms with E-state index >= 15 is 0 Å². The second-order valence-electron chi connectivity index (χ2n) is 3.34. The molecule has 1 N–H and O–H groups in total. The minimum absolute atomic E-state index is 0. The molecule has 0 amide bonds. The third-order valence-electron chi connectivity index (χ3n) is 2.27. The topological polar surface area (TPSA) is 64.1 Å². The minimum Gasteiger partial charge on any atom is -0.465 e. The van der Waals surface area contributed by atoms with E-state index in [-0.39, 0.29) is 25.7 Å². The Morgan fingerprint density at radius 3 is 2.82 bits per heavy atom. The van der Waals surface area contributed by atoms with Crippen LogP contribution in [0.2, 0.25) is 0 Å². The molecular formula is C11H14N2O3S. The van der Waals surface area contributed by atoms with Gasteiger partial charge >= 0.3 is 11.7 Å². The molecule has 0 aliphatic carbocycles. The lowest BCUT2D eigenvalue weighted by atomic mass is 10.3. The van der Waals surface area contributed by atoms with Crippen molar-refractivity contribution in [3.05, 3.63) is 34.7 Å². The van der Waals surface area contributed by atoms with E-state index < -0.39 is 5.97 Å². The first-order valence-corrected chi connectivity index (χ1v) is 5.05. The molecule has 0 aliphatic rings. The van der Waals surface area contributed by atoms with Crippen molar-refractivity contribution in [1.29, 1.82) is 0 Å². The Labute approximate surface area is 105 Å². The van der Waals surface area contributed by atoms with Gasteiger partial charge in [0, 0.05) is 0 Å². The molecule has 92 valence electrons. The van der Waals surface area contributed by atoms with E-state index in [1.165, 1.54) is 4.57 Å². The lowest BCUT2D eigenvalue weighted by Gasteiger charge is -2.02. The average Bonchev–Trinajstić information content (AvgIpc) is 2.56. The van der Waals surface area contributed by atoms with E-state index in [0.717, 1.165) is 5.52 Å². The van der Waals surface area contributed by atoms with Crippen LogP contribution in [-0.4, -0.2) is 22.1 Å². The first-order chi connectivity index (χ1) is 7.72. The van der Waals surface area contributed by atoms with Crippen LogP contribution in [0, 0.1) is 0 Å². The lowest BCUT2D eigenvalue weighted by molar-refractivity contribution is -0.143. The molecule has 1 aromatic carbocycles. The predicted molar refractivity (Wildman–Crippen MR) is 69.6 cm³/mol. The maximum Gasteiger partial charge on any atom is 0.327 e. The van der Waals surface area contributed by atoms with E-state index in [0.29, 0.717) is 12.1 Å². The summed E-state index contributed by atoms with van der Waals surface area (Å²) in [5.74, 6) is -0.408. The Kier molecular flexibility index (Phi) is 4.39. The summed E-state index contributed by atoms with van der Waals surface area (Å²) in [6, 6.07) is 7.22. The summed E-state index contributed by atoms with van der Waals surface area (Å²) in [4.78, 5) is 25.6. The minimum atomic E-state index is -0.408. The number of hydrogen-bond acceptors (Lipinski definition) is 3. The van der Waals surface area contributed by atoms with E-state index in [2.05, 4.69) is 4.98 Å². The number of fused-ring (bicyclic) bond motifs is 1. The van der Waals surface area contributed by atoms with Gasteiger partial charge in [0.05, 0.1) is 17.6 Å². The summed E-state index contributed by atoms with van der Waals surface area (Å²) in [5.41, 5.74) is 1.13. The summed E-state index contributed by atoms with van der Waals surface area (Å²) in [6.45, 7) is 1.99. The third-order valence-corrected chi connectivity index (χ3v) is 2.27. The van der Waals surface area contributed by atoms with Crippen LogP contribution in [0.1, 0.15) is 6.92 Å². The third kappa shape index (κ3) is 2.71. The van der Waals surface area contributed by atoms with Gasteiger partial charge in [0.15, 0.2) is 0 Å². The number of rotatable bonds is 3. The number of aromatic amines is 1. The van der Waals surface area contributed by atoms with Crippen molar-refractivity contribution < 1.29 is 9.53 Å². The van der Waals surface area contributed by atoms with Crippen LogP contribution in [0.3, 0.4) is 0 Å². The summed E-state index contributed by atoms with van der Waals surface area (Å²) < 4.78 is 6.17. The molecule has 1 aromatic heterocycles. The molecule has 0 atom stereocenters. The molecule has 0 radical (unpaired) electrons. The van der Waals surface area contributed by atoms with Gasteiger partial charge in [-0.15, -0.1) is 0 Å². The number of aromatic nitrogens is 2. The number of carbonyl (C=O) groups is 1. The quantitative estimate of drug-likeness (QED) is 0.831. The number of carbonyl (C=O) groups excluding carboxylic acids is 1. The highest BCUT2D eigenvalue weighted by atomic mass is 32.1. The zero-order valence-corrected chi connectivity index (χ0v) is 10.4. The number of imidazole rings is 1. The van der Waals surface area contributed by atoms with Gasteiger partial charge in [-0.2, -0.15) is 13.5 Å². The largest absolute Gasteiger partial charge is 0.465 e. The number of nitrogens with one attached hydrogen (secondary N) is 1. The van der Waals surface area contributed by atoms with E-state index in [9.17, 15) is 9.59 Å². The van der Waals surface area contributed by atoms with Crippen molar-refractivity contribution in [1.82, 2.24) is 9.55 Å². The number of ether oxygens (including phenoxy) is 1. The number of hydrogen-bond donors (Lipinski definition) is 1. The van der Waals surface area contributed by atoms with Gasteiger partial charge < -0.3 is 9.72 Å². The molecule has 0 saturated heterocycles. The van der Waals surface area contributed by atoms with Crippen molar-refractivity contribution in [2.24, 2.45) is 0 Å². The average molecular weight is 254 g/mol. The fourth-order valence-corrected chi connectivity index (χ4v) is 1.60. The van der Waals surface area contributed by atoms with Crippen molar-refractivity contribution >= 4 is 30.5 Å². The lowest BCUT2D eigenvalue weighted by Crippen LogP contribution is -2.23. The number of nitrogens with zero attached hydrogens (tertiary/aromatic N) is 1. The van der Waals surface area contributed by atoms with Gasteiger partial charge in [0.25, 0.3) is 0 Å². The standard InChI is InChI=1S/C11H12N2O3.H2S/c1-2-16-10(14)7-13-9-6-4-3-5-8(9)12-11(13)15;/h3-6H,2,7H2,1H3,(H,12,15);1H2. The van der Waals surface area contributed by atoms with Gasteiger partial charge in [-0.3, -0.25) is 9.36 Å². The van der Waals surface area contributed by atoms with Crippen LogP contribution in [-0.2, 0) is 16.1 Å². The molecule has 6 heteroatoms. The van der Waals surface area contributed by atoms with Gasteiger partial charge in [-0.25, -0.2) is 4.79 Å². The molecule has 0 aliphatic heterocycles. The molecule has 5 nitrogen and oxygen atoms in total. The van der Waals surface area contributed by atoms with Gasteiger partial charge in [0.1, 0.15) is 6.54 Å².